The molecule has 0 aliphatic rings. The number of ether oxygens (including phenoxy) is 1. The second kappa shape index (κ2) is 25.7. The third-order valence-electron chi connectivity index (χ3n) is 6.98. The van der Waals surface area contributed by atoms with Gasteiger partial charge in [0, 0.05) is 12.6 Å². The van der Waals surface area contributed by atoms with E-state index >= 15 is 0 Å². The van der Waals surface area contributed by atoms with E-state index in [1.54, 1.807) is 18.3 Å². The molecule has 0 spiro atoms. The Labute approximate surface area is 264 Å². The van der Waals surface area contributed by atoms with Crippen LogP contribution in [0.5, 0.6) is 5.75 Å². The lowest BCUT2D eigenvalue weighted by molar-refractivity contribution is -0.342. The zero-order valence-electron chi connectivity index (χ0n) is 27.2. The van der Waals surface area contributed by atoms with Crippen LogP contribution in [0.25, 0.3) is 0 Å². The van der Waals surface area contributed by atoms with Crippen molar-refractivity contribution in [1.82, 2.24) is 22.6 Å². The molecule has 1 aromatic carbocycles. The lowest BCUT2D eigenvalue weighted by Crippen LogP contribution is -2.40. The van der Waals surface area contributed by atoms with Crippen molar-refractivity contribution in [2.45, 2.75) is 116 Å². The molecule has 0 aliphatic heterocycles. The van der Waals surface area contributed by atoms with Gasteiger partial charge in [-0.1, -0.05) is 88.6 Å². The maximum Gasteiger partial charge on any atom is 0.220 e. The molecule has 2 aromatic rings. The zero-order valence-corrected chi connectivity index (χ0v) is 28.1. The van der Waals surface area contributed by atoms with Gasteiger partial charge >= 0.3 is 0 Å². The molecule has 0 radical (unpaired) electrons. The number of hydrogen-bond acceptors (Lipinski definition) is 7. The summed E-state index contributed by atoms with van der Waals surface area (Å²) in [6.45, 7) is 2.18. The van der Waals surface area contributed by atoms with Crippen LogP contribution >= 0.6 is 7.82 Å². The number of quaternary nitrogens is 2. The lowest BCUT2D eigenvalue weighted by atomic mass is 10.1. The summed E-state index contributed by atoms with van der Waals surface area (Å²) in [6.07, 6.45) is 22.4. The molecule has 44 heavy (non-hydrogen) atoms. The first-order chi connectivity index (χ1) is 20.4. The summed E-state index contributed by atoms with van der Waals surface area (Å²) in [6, 6.07) is 12.3. The van der Waals surface area contributed by atoms with E-state index in [0.29, 0.717) is 25.2 Å². The summed E-state index contributed by atoms with van der Waals surface area (Å²) >= 11 is 0. The quantitative estimate of drug-likeness (QED) is 0.0609. The smallest absolute Gasteiger partial charge is 0.220 e. The highest BCUT2D eigenvalue weighted by Gasteiger charge is 2.15. The molecule has 11 heteroatoms. The number of rotatable bonds is 24. The Morgan fingerprint density at radius 1 is 0.886 bits per heavy atom. The number of pyridine rings is 1. The molecule has 0 aliphatic carbocycles. The zero-order chi connectivity index (χ0) is 30.3. The van der Waals surface area contributed by atoms with Crippen molar-refractivity contribution in [2.24, 2.45) is 0 Å². The number of aromatic nitrogens is 1. The van der Waals surface area contributed by atoms with Gasteiger partial charge in [-0.15, -0.1) is 0 Å². The average molecular weight is 637 g/mol. The van der Waals surface area contributed by atoms with Crippen molar-refractivity contribution in [2.75, 3.05) is 6.61 Å². The van der Waals surface area contributed by atoms with Crippen molar-refractivity contribution in [3.63, 3.8) is 0 Å². The standard InChI is InChI=1S/C33H51N2O6P.2H3N/c1-2-3-4-5-6-7-8-9-10-11-12-13-14-15-16-20-33(36)35-31(28-41-42(37,38)39)26-29-21-23-32(24-22-29)40-27-30-19-17-18-25-34-30;;/h9-10,17-19,21-25,31H,2-8,11-16,20,26-28H2,1H3,(H,35,36)(H2,37,38,39);2*1H3/t31-;;/m1../s1. The van der Waals surface area contributed by atoms with E-state index in [4.69, 9.17) is 4.74 Å². The molecule has 10 nitrogen and oxygen atoms in total. The molecule has 2 rings (SSSR count). The first-order valence-electron chi connectivity index (χ1n) is 15.6. The molecular weight excluding hydrogens is 579 g/mol. The highest BCUT2D eigenvalue weighted by atomic mass is 31.2. The number of nitrogens with one attached hydrogen (secondary N) is 1. The first kappa shape index (κ1) is 41.4. The Balaban J connectivity index is 0.00000924. The minimum atomic E-state index is -5.15. The molecular formula is C33H57N4O6P. The van der Waals surface area contributed by atoms with Gasteiger partial charge in [0.1, 0.15) is 12.4 Å². The number of unbranched alkanes of at least 4 members (excludes halogenated alkanes) is 11. The van der Waals surface area contributed by atoms with Crippen LogP contribution in [-0.4, -0.2) is 23.5 Å². The van der Waals surface area contributed by atoms with Crippen LogP contribution < -0.4 is 32.1 Å². The maximum atomic E-state index is 12.5. The molecule has 250 valence electrons. The van der Waals surface area contributed by atoms with Gasteiger partial charge in [0.25, 0.3) is 0 Å². The number of allylic oxidation sites excluding steroid dienone is 2. The highest BCUT2D eigenvalue weighted by molar-refractivity contribution is 7.43. The van der Waals surface area contributed by atoms with Gasteiger partial charge in [-0.25, -0.2) is 0 Å². The number of nitrogens with zero attached hydrogens (tertiary/aromatic N) is 1. The first-order valence-corrected chi connectivity index (χ1v) is 17.0. The summed E-state index contributed by atoms with van der Waals surface area (Å²) in [7, 11) is -5.15. The van der Waals surface area contributed by atoms with Gasteiger partial charge in [-0.05, 0) is 68.4 Å². The Morgan fingerprint density at radius 2 is 1.50 bits per heavy atom. The topological polar surface area (TPSA) is 197 Å². The average Bonchev–Trinajstić information content (AvgIpc) is 2.97. The predicted molar refractivity (Wildman–Crippen MR) is 176 cm³/mol. The molecule has 1 aromatic heterocycles. The van der Waals surface area contributed by atoms with E-state index in [9.17, 15) is 19.1 Å². The van der Waals surface area contributed by atoms with E-state index in [1.807, 2.05) is 30.3 Å². The van der Waals surface area contributed by atoms with Crippen molar-refractivity contribution < 1.29 is 28.4 Å². The molecule has 1 atom stereocenters. The summed E-state index contributed by atoms with van der Waals surface area (Å²) in [4.78, 5) is 38.9. The molecule has 1 heterocycles. The maximum absolute atomic E-state index is 12.5. The van der Waals surface area contributed by atoms with Crippen LogP contribution in [0.15, 0.2) is 60.8 Å². The van der Waals surface area contributed by atoms with Crippen LogP contribution in [-0.2, 0) is 26.9 Å². The minimum absolute atomic E-state index is 0. The second-order valence-electron chi connectivity index (χ2n) is 10.8. The largest absolute Gasteiger partial charge is 0.790 e. The van der Waals surface area contributed by atoms with Crippen molar-refractivity contribution in [1.29, 1.82) is 0 Å². The molecule has 0 unspecified atom stereocenters. The molecule has 0 saturated carbocycles. The second-order valence-corrected chi connectivity index (χ2v) is 12.0. The van der Waals surface area contributed by atoms with Crippen LogP contribution in [0.4, 0.5) is 0 Å². The van der Waals surface area contributed by atoms with E-state index in [0.717, 1.165) is 49.8 Å². The highest BCUT2D eigenvalue weighted by Crippen LogP contribution is 2.25. The molecule has 0 fully saturated rings. The molecule has 0 bridgehead atoms. The Hall–Kier alpha value is -2.59. The van der Waals surface area contributed by atoms with Crippen molar-refractivity contribution in [3.05, 3.63) is 72.1 Å². The van der Waals surface area contributed by atoms with Gasteiger partial charge in [0.15, 0.2) is 0 Å². The fourth-order valence-corrected chi connectivity index (χ4v) is 5.00. The van der Waals surface area contributed by atoms with E-state index in [-0.39, 0.29) is 18.2 Å². The third kappa shape index (κ3) is 22.0. The van der Waals surface area contributed by atoms with Crippen LogP contribution in [0.3, 0.4) is 0 Å². The number of hydrogen-bond donors (Lipinski definition) is 3. The van der Waals surface area contributed by atoms with Gasteiger partial charge in [0.05, 0.1) is 26.2 Å². The fraction of sp³-hybridized carbons (Fsp3) is 0.576. The van der Waals surface area contributed by atoms with E-state index in [1.165, 1.54) is 44.9 Å². The third-order valence-corrected chi connectivity index (χ3v) is 7.45. The van der Waals surface area contributed by atoms with Gasteiger partial charge in [0.2, 0.25) is 5.91 Å². The monoisotopic (exact) mass is 636 g/mol. The summed E-state index contributed by atoms with van der Waals surface area (Å²) < 4.78 is 21.3. The minimum Gasteiger partial charge on any atom is -0.790 e. The lowest BCUT2D eigenvalue weighted by Gasteiger charge is -2.31. The summed E-state index contributed by atoms with van der Waals surface area (Å²) in [5.74, 6) is 0.484. The molecule has 1 amide bonds. The number of carbonyl (C=O) groups excluding carboxylic acids is 1. The predicted octanol–water partition coefficient (Wildman–Crippen LogP) is 7.32. The number of phosphoric acid groups is 1. The van der Waals surface area contributed by atoms with Gasteiger partial charge in [-0.2, -0.15) is 0 Å². The van der Waals surface area contributed by atoms with Gasteiger partial charge < -0.3 is 41.2 Å². The van der Waals surface area contributed by atoms with Crippen LogP contribution in [0.2, 0.25) is 0 Å². The number of benzene rings is 1. The summed E-state index contributed by atoms with van der Waals surface area (Å²) in [5, 5.41) is 2.84. The summed E-state index contributed by atoms with van der Waals surface area (Å²) in [5.41, 5.74) is 1.66. The van der Waals surface area contributed by atoms with Crippen molar-refractivity contribution in [3.8, 4) is 5.75 Å². The van der Waals surface area contributed by atoms with Crippen LogP contribution in [0, 0.1) is 0 Å². The molecule has 0 saturated heterocycles. The Kier molecular flexibility index (Phi) is 24.2. The normalized spacial score (nSPS) is 11.9. The van der Waals surface area contributed by atoms with E-state index < -0.39 is 20.5 Å². The number of carbonyl (C=O) groups is 1. The number of amides is 1. The Morgan fingerprint density at radius 3 is 2.09 bits per heavy atom. The molecule has 9 N–H and O–H groups in total. The Bertz CT molecular complexity index is 1050. The fourth-order valence-electron chi connectivity index (χ4n) is 4.64. The number of phosphoric ester groups is 1. The van der Waals surface area contributed by atoms with Gasteiger partial charge in [-0.3, -0.25) is 9.78 Å². The SMILES string of the molecule is CCCCCCCCC=CCCCCCCCC(=O)N[C@@H](COP(=O)([O-])[O-])Cc1ccc(OCc2ccccn2)cc1.[NH4+].[NH4+]. The van der Waals surface area contributed by atoms with E-state index in [2.05, 4.69) is 33.9 Å². The van der Waals surface area contributed by atoms with Crippen molar-refractivity contribution >= 4 is 13.7 Å². The van der Waals surface area contributed by atoms with Crippen LogP contribution in [0.1, 0.15) is 108 Å².